The highest BCUT2D eigenvalue weighted by Gasteiger charge is 2.31. The molecule has 0 aromatic heterocycles. The zero-order valence-corrected chi connectivity index (χ0v) is 19.1. The Kier molecular flexibility index (Phi) is 6.34. The molecule has 3 aromatic rings. The Morgan fingerprint density at radius 1 is 1.03 bits per heavy atom. The molecule has 156 valence electrons. The van der Waals surface area contributed by atoms with Gasteiger partial charge in [-0.3, -0.25) is 9.69 Å². The molecule has 0 aliphatic carbocycles. The number of benzene rings is 3. The predicted molar refractivity (Wildman–Crippen MR) is 129 cm³/mol. The van der Waals surface area contributed by atoms with Crippen molar-refractivity contribution in [3.63, 3.8) is 0 Å². The molecule has 3 aromatic carbocycles. The van der Waals surface area contributed by atoms with Crippen LogP contribution >= 0.6 is 28.1 Å². The van der Waals surface area contributed by atoms with Crippen LogP contribution in [0.2, 0.25) is 0 Å². The standard InChI is InChI=1S/C24H19BrN2O3S/c1-29-22-14-17(7-12-21(22)30-15-16-5-3-2-4-6-16)13-20-23(28)27(24(31)26-20)19-10-8-18(25)9-11-19/h2-14H,15H2,1H3,(H,26,31). The summed E-state index contributed by atoms with van der Waals surface area (Å²) in [6, 6.07) is 22.8. The number of rotatable bonds is 6. The quantitative estimate of drug-likeness (QED) is 0.372. The van der Waals surface area contributed by atoms with Crippen molar-refractivity contribution in [1.82, 2.24) is 5.32 Å². The summed E-state index contributed by atoms with van der Waals surface area (Å²) in [4.78, 5) is 14.4. The van der Waals surface area contributed by atoms with Gasteiger partial charge in [-0.15, -0.1) is 0 Å². The Bertz CT molecular complexity index is 1150. The number of carbonyl (C=O) groups excluding carboxylic acids is 1. The van der Waals surface area contributed by atoms with Gasteiger partial charge in [-0.1, -0.05) is 52.3 Å². The van der Waals surface area contributed by atoms with E-state index in [1.807, 2.05) is 72.8 Å². The molecule has 0 bridgehead atoms. The lowest BCUT2D eigenvalue weighted by Gasteiger charge is -2.13. The Hall–Kier alpha value is -3.16. The van der Waals surface area contributed by atoms with Gasteiger partial charge >= 0.3 is 0 Å². The van der Waals surface area contributed by atoms with E-state index in [9.17, 15) is 4.79 Å². The number of nitrogens with zero attached hydrogens (tertiary/aromatic N) is 1. The van der Waals surface area contributed by atoms with Crippen molar-refractivity contribution in [2.45, 2.75) is 6.61 Å². The van der Waals surface area contributed by atoms with Crippen LogP contribution in [0.25, 0.3) is 6.08 Å². The van der Waals surface area contributed by atoms with Gasteiger partial charge in [0.1, 0.15) is 12.3 Å². The second kappa shape index (κ2) is 9.32. The molecular formula is C24H19BrN2O3S. The maximum atomic E-state index is 12.9. The average Bonchev–Trinajstić information content (AvgIpc) is 3.07. The number of thiocarbonyl (C=S) groups is 1. The first-order valence-corrected chi connectivity index (χ1v) is 10.7. The third-order valence-corrected chi connectivity index (χ3v) is 5.51. The second-order valence-electron chi connectivity index (χ2n) is 6.79. The highest BCUT2D eigenvalue weighted by molar-refractivity contribution is 9.10. The number of methoxy groups -OCH3 is 1. The highest BCUT2D eigenvalue weighted by Crippen LogP contribution is 2.30. The van der Waals surface area contributed by atoms with Crippen LogP contribution in [-0.4, -0.2) is 18.1 Å². The zero-order valence-electron chi connectivity index (χ0n) is 16.7. The second-order valence-corrected chi connectivity index (χ2v) is 8.09. The number of ether oxygens (including phenoxy) is 2. The molecule has 0 spiro atoms. The van der Waals surface area contributed by atoms with Crippen molar-refractivity contribution < 1.29 is 14.3 Å². The van der Waals surface area contributed by atoms with Crippen LogP contribution < -0.4 is 19.7 Å². The fraction of sp³-hybridized carbons (Fsp3) is 0.0833. The summed E-state index contributed by atoms with van der Waals surface area (Å²) in [7, 11) is 1.59. The lowest BCUT2D eigenvalue weighted by atomic mass is 10.1. The summed E-state index contributed by atoms with van der Waals surface area (Å²) in [6.45, 7) is 0.439. The molecule has 1 amide bonds. The van der Waals surface area contributed by atoms with Crippen molar-refractivity contribution in [3.8, 4) is 11.5 Å². The van der Waals surface area contributed by atoms with Crippen molar-refractivity contribution >= 4 is 50.9 Å². The Morgan fingerprint density at radius 2 is 1.77 bits per heavy atom. The van der Waals surface area contributed by atoms with Crippen LogP contribution in [0.3, 0.4) is 0 Å². The molecule has 0 radical (unpaired) electrons. The number of halogens is 1. The van der Waals surface area contributed by atoms with E-state index in [2.05, 4.69) is 21.2 Å². The first kappa shape index (κ1) is 21.1. The van der Waals surface area contributed by atoms with E-state index in [4.69, 9.17) is 21.7 Å². The van der Waals surface area contributed by atoms with E-state index in [0.29, 0.717) is 34.6 Å². The van der Waals surface area contributed by atoms with Gasteiger partial charge in [0, 0.05) is 4.47 Å². The van der Waals surface area contributed by atoms with Crippen molar-refractivity contribution in [1.29, 1.82) is 0 Å². The zero-order chi connectivity index (χ0) is 21.8. The number of hydrogen-bond acceptors (Lipinski definition) is 4. The van der Waals surface area contributed by atoms with Crippen LogP contribution in [0, 0.1) is 0 Å². The van der Waals surface area contributed by atoms with Gasteiger partial charge in [-0.2, -0.15) is 0 Å². The van der Waals surface area contributed by atoms with Crippen LogP contribution in [0.4, 0.5) is 5.69 Å². The summed E-state index contributed by atoms with van der Waals surface area (Å²) >= 11 is 8.77. The Labute approximate surface area is 194 Å². The molecule has 0 saturated carbocycles. The molecule has 1 saturated heterocycles. The van der Waals surface area contributed by atoms with E-state index >= 15 is 0 Å². The van der Waals surface area contributed by atoms with Gasteiger partial charge in [0.05, 0.1) is 12.8 Å². The maximum Gasteiger partial charge on any atom is 0.281 e. The SMILES string of the molecule is COc1cc(C=C2NC(=S)N(c3ccc(Br)cc3)C2=O)ccc1OCc1ccccc1. The molecule has 0 atom stereocenters. The van der Waals surface area contributed by atoms with Gasteiger partial charge in [0.15, 0.2) is 16.6 Å². The average molecular weight is 495 g/mol. The van der Waals surface area contributed by atoms with Crippen molar-refractivity contribution in [2.75, 3.05) is 12.0 Å². The molecule has 0 unspecified atom stereocenters. The van der Waals surface area contributed by atoms with E-state index in [-0.39, 0.29) is 5.91 Å². The van der Waals surface area contributed by atoms with Crippen LogP contribution in [0.5, 0.6) is 11.5 Å². The number of hydrogen-bond donors (Lipinski definition) is 1. The smallest absolute Gasteiger partial charge is 0.281 e. The van der Waals surface area contributed by atoms with Gasteiger partial charge in [0.2, 0.25) is 0 Å². The minimum Gasteiger partial charge on any atom is -0.493 e. The molecule has 4 rings (SSSR count). The molecule has 1 fully saturated rings. The fourth-order valence-electron chi connectivity index (χ4n) is 3.15. The van der Waals surface area contributed by atoms with Crippen LogP contribution in [-0.2, 0) is 11.4 Å². The minimum atomic E-state index is -0.212. The highest BCUT2D eigenvalue weighted by atomic mass is 79.9. The molecule has 5 nitrogen and oxygen atoms in total. The van der Waals surface area contributed by atoms with Crippen molar-refractivity contribution in [2.24, 2.45) is 0 Å². The first-order chi connectivity index (χ1) is 15.0. The summed E-state index contributed by atoms with van der Waals surface area (Å²) < 4.78 is 12.3. The molecule has 7 heteroatoms. The van der Waals surface area contributed by atoms with E-state index < -0.39 is 0 Å². The third kappa shape index (κ3) is 4.78. The molecule has 1 N–H and O–H groups in total. The fourth-order valence-corrected chi connectivity index (χ4v) is 3.72. The van der Waals surface area contributed by atoms with E-state index in [0.717, 1.165) is 15.6 Å². The number of nitrogens with one attached hydrogen (secondary N) is 1. The topological polar surface area (TPSA) is 50.8 Å². The van der Waals surface area contributed by atoms with Crippen LogP contribution in [0.1, 0.15) is 11.1 Å². The summed E-state index contributed by atoms with van der Waals surface area (Å²) in [5.74, 6) is 1.00. The Balaban J connectivity index is 1.53. The Morgan fingerprint density at radius 3 is 2.48 bits per heavy atom. The molecule has 1 aliphatic rings. The van der Waals surface area contributed by atoms with Gasteiger partial charge in [-0.05, 0) is 65.8 Å². The van der Waals surface area contributed by atoms with Gasteiger partial charge in [-0.25, -0.2) is 0 Å². The minimum absolute atomic E-state index is 0.212. The van der Waals surface area contributed by atoms with Gasteiger partial charge in [0.25, 0.3) is 5.91 Å². The largest absolute Gasteiger partial charge is 0.493 e. The molecule has 31 heavy (non-hydrogen) atoms. The molecule has 1 aliphatic heterocycles. The van der Waals surface area contributed by atoms with E-state index in [1.54, 1.807) is 13.2 Å². The summed E-state index contributed by atoms with van der Waals surface area (Å²) in [5.41, 5.74) is 2.96. The summed E-state index contributed by atoms with van der Waals surface area (Å²) in [5, 5.41) is 3.34. The van der Waals surface area contributed by atoms with Crippen molar-refractivity contribution in [3.05, 3.63) is 94.1 Å². The number of carbonyl (C=O) groups is 1. The molecular weight excluding hydrogens is 476 g/mol. The van der Waals surface area contributed by atoms with Crippen LogP contribution in [0.15, 0.2) is 83.0 Å². The third-order valence-electron chi connectivity index (χ3n) is 4.70. The normalized spacial score (nSPS) is 14.6. The lowest BCUT2D eigenvalue weighted by Crippen LogP contribution is -2.30. The molecule has 1 heterocycles. The first-order valence-electron chi connectivity index (χ1n) is 9.52. The predicted octanol–water partition coefficient (Wildman–Crippen LogP) is 5.30. The van der Waals surface area contributed by atoms with Gasteiger partial charge < -0.3 is 14.8 Å². The lowest BCUT2D eigenvalue weighted by molar-refractivity contribution is -0.113. The maximum absolute atomic E-state index is 12.9. The number of anilines is 1. The van der Waals surface area contributed by atoms with E-state index in [1.165, 1.54) is 4.90 Å². The number of amides is 1. The summed E-state index contributed by atoms with van der Waals surface area (Å²) in [6.07, 6.45) is 1.75. The monoisotopic (exact) mass is 494 g/mol.